The monoisotopic (exact) mass is 319 g/mol. The Morgan fingerprint density at radius 1 is 1.45 bits per heavy atom. The molecule has 0 spiro atoms. The second kappa shape index (κ2) is 6.58. The van der Waals surface area contributed by atoms with Crippen molar-refractivity contribution in [3.8, 4) is 0 Å². The fourth-order valence-corrected chi connectivity index (χ4v) is 3.49. The van der Waals surface area contributed by atoms with Crippen LogP contribution in [0.25, 0.3) is 0 Å². The summed E-state index contributed by atoms with van der Waals surface area (Å²) in [5, 5.41) is 7.35. The summed E-state index contributed by atoms with van der Waals surface area (Å²) in [6.07, 6.45) is 3.91. The van der Waals surface area contributed by atoms with Gasteiger partial charge in [0, 0.05) is 43.8 Å². The number of thiazole rings is 1. The van der Waals surface area contributed by atoms with Gasteiger partial charge in [0.15, 0.2) is 0 Å². The predicted octanol–water partition coefficient (Wildman–Crippen LogP) is 1.58. The molecule has 0 atom stereocenters. The normalized spacial score (nSPS) is 16.8. The maximum absolute atomic E-state index is 12.3. The molecule has 0 unspecified atom stereocenters. The number of amides is 1. The van der Waals surface area contributed by atoms with Crippen molar-refractivity contribution in [3.63, 3.8) is 0 Å². The number of rotatable bonds is 4. The molecular weight excluding hydrogens is 298 g/mol. The van der Waals surface area contributed by atoms with Crippen LogP contribution in [-0.4, -0.2) is 44.7 Å². The van der Waals surface area contributed by atoms with Crippen LogP contribution < -0.4 is 5.32 Å². The van der Waals surface area contributed by atoms with Gasteiger partial charge >= 0.3 is 0 Å². The van der Waals surface area contributed by atoms with Crippen molar-refractivity contribution in [2.45, 2.75) is 32.4 Å². The van der Waals surface area contributed by atoms with Crippen LogP contribution >= 0.6 is 11.3 Å². The van der Waals surface area contributed by atoms with Crippen molar-refractivity contribution in [2.24, 2.45) is 7.05 Å². The van der Waals surface area contributed by atoms with Gasteiger partial charge in [-0.2, -0.15) is 5.10 Å². The number of piperidine rings is 1. The van der Waals surface area contributed by atoms with Crippen LogP contribution in [0.2, 0.25) is 0 Å². The Morgan fingerprint density at radius 2 is 2.23 bits per heavy atom. The van der Waals surface area contributed by atoms with E-state index in [0.717, 1.165) is 38.2 Å². The molecule has 1 amide bonds. The van der Waals surface area contributed by atoms with Crippen LogP contribution in [0.4, 0.5) is 0 Å². The number of likely N-dealkylation sites (tertiary alicyclic amines) is 1. The minimum absolute atomic E-state index is 0.0241. The minimum Gasteiger partial charge on any atom is -0.348 e. The minimum atomic E-state index is -0.0241. The van der Waals surface area contributed by atoms with Crippen molar-refractivity contribution in [3.05, 3.63) is 34.0 Å². The van der Waals surface area contributed by atoms with Gasteiger partial charge in [0.25, 0.3) is 5.91 Å². The van der Waals surface area contributed by atoms with Crippen molar-refractivity contribution in [2.75, 3.05) is 13.1 Å². The second-order valence-electron chi connectivity index (χ2n) is 5.79. The number of nitrogens with zero attached hydrogens (tertiary/aromatic N) is 4. The Kier molecular flexibility index (Phi) is 4.54. The first-order valence-corrected chi connectivity index (χ1v) is 8.41. The molecule has 1 aliphatic rings. The Morgan fingerprint density at radius 3 is 2.82 bits per heavy atom. The highest BCUT2D eigenvalue weighted by Crippen LogP contribution is 2.16. The summed E-state index contributed by atoms with van der Waals surface area (Å²) in [6.45, 7) is 4.88. The lowest BCUT2D eigenvalue weighted by atomic mass is 10.0. The third-order valence-corrected chi connectivity index (χ3v) is 4.78. The van der Waals surface area contributed by atoms with Crippen LogP contribution in [0.3, 0.4) is 0 Å². The summed E-state index contributed by atoms with van der Waals surface area (Å²) in [6, 6.07) is 2.08. The highest BCUT2D eigenvalue weighted by molar-refractivity contribution is 7.09. The van der Waals surface area contributed by atoms with E-state index in [1.54, 1.807) is 23.1 Å². The van der Waals surface area contributed by atoms with Gasteiger partial charge < -0.3 is 5.32 Å². The topological polar surface area (TPSA) is 63.1 Å². The summed E-state index contributed by atoms with van der Waals surface area (Å²) in [7, 11) is 1.81. The van der Waals surface area contributed by atoms with E-state index in [1.165, 1.54) is 4.88 Å². The molecule has 22 heavy (non-hydrogen) atoms. The molecule has 0 bridgehead atoms. The van der Waals surface area contributed by atoms with Gasteiger partial charge in [-0.3, -0.25) is 19.4 Å². The van der Waals surface area contributed by atoms with Gasteiger partial charge in [-0.15, -0.1) is 11.3 Å². The van der Waals surface area contributed by atoms with Crippen LogP contribution in [0.1, 0.15) is 33.9 Å². The zero-order chi connectivity index (χ0) is 15.5. The molecule has 0 radical (unpaired) electrons. The van der Waals surface area contributed by atoms with E-state index >= 15 is 0 Å². The quantitative estimate of drug-likeness (QED) is 0.929. The summed E-state index contributed by atoms with van der Waals surface area (Å²) >= 11 is 1.70. The van der Waals surface area contributed by atoms with E-state index in [4.69, 9.17) is 0 Å². The summed E-state index contributed by atoms with van der Waals surface area (Å²) in [4.78, 5) is 20.1. The lowest BCUT2D eigenvalue weighted by Crippen LogP contribution is -2.44. The van der Waals surface area contributed by atoms with Crippen molar-refractivity contribution in [1.29, 1.82) is 0 Å². The van der Waals surface area contributed by atoms with Gasteiger partial charge in [0.2, 0.25) is 0 Å². The third kappa shape index (κ3) is 3.53. The largest absolute Gasteiger partial charge is 0.348 e. The zero-order valence-corrected chi connectivity index (χ0v) is 13.8. The zero-order valence-electron chi connectivity index (χ0n) is 13.0. The Bertz CT molecular complexity index is 628. The van der Waals surface area contributed by atoms with E-state index in [9.17, 15) is 4.79 Å². The fraction of sp³-hybridized carbons (Fsp3) is 0.533. The maximum Gasteiger partial charge on any atom is 0.269 e. The van der Waals surface area contributed by atoms with Crippen LogP contribution in [0.15, 0.2) is 17.8 Å². The highest BCUT2D eigenvalue weighted by atomic mass is 32.1. The van der Waals surface area contributed by atoms with Crippen molar-refractivity contribution >= 4 is 17.2 Å². The molecule has 3 heterocycles. The smallest absolute Gasteiger partial charge is 0.269 e. The van der Waals surface area contributed by atoms with E-state index in [2.05, 4.69) is 20.3 Å². The average molecular weight is 319 g/mol. The molecule has 118 valence electrons. The molecule has 1 N–H and O–H groups in total. The third-order valence-electron chi connectivity index (χ3n) is 4.02. The molecule has 3 rings (SSSR count). The number of aryl methyl sites for hydroxylation is 2. The van der Waals surface area contributed by atoms with Crippen LogP contribution in [-0.2, 0) is 13.6 Å². The van der Waals surface area contributed by atoms with E-state index in [-0.39, 0.29) is 11.9 Å². The van der Waals surface area contributed by atoms with Crippen LogP contribution in [0.5, 0.6) is 0 Å². The van der Waals surface area contributed by atoms with E-state index in [1.807, 2.05) is 24.7 Å². The van der Waals surface area contributed by atoms with Gasteiger partial charge in [0.05, 0.1) is 11.2 Å². The first kappa shape index (κ1) is 15.2. The standard InChI is InChI=1S/C15H21N5OS/c1-11-7-14(19(2)18-11)15(21)17-12-3-5-20(6-4-12)9-13-8-16-10-22-13/h7-8,10,12H,3-6,9H2,1-2H3,(H,17,21). The lowest BCUT2D eigenvalue weighted by Gasteiger charge is -2.31. The van der Waals surface area contributed by atoms with Gasteiger partial charge in [-0.05, 0) is 25.8 Å². The molecule has 1 fully saturated rings. The summed E-state index contributed by atoms with van der Waals surface area (Å²) in [5.41, 5.74) is 3.37. The number of carbonyl (C=O) groups excluding carboxylic acids is 1. The Labute approximate surface area is 134 Å². The summed E-state index contributed by atoms with van der Waals surface area (Å²) < 4.78 is 1.64. The SMILES string of the molecule is Cc1cc(C(=O)NC2CCN(Cc3cncs3)CC2)n(C)n1. The molecule has 0 saturated carbocycles. The molecule has 2 aromatic rings. The van der Waals surface area contributed by atoms with Gasteiger partial charge in [0.1, 0.15) is 5.69 Å². The predicted molar refractivity (Wildman–Crippen MR) is 85.8 cm³/mol. The molecule has 1 saturated heterocycles. The molecule has 1 aliphatic heterocycles. The average Bonchev–Trinajstić information content (AvgIpc) is 3.10. The number of hydrogen-bond acceptors (Lipinski definition) is 5. The lowest BCUT2D eigenvalue weighted by molar-refractivity contribution is 0.0899. The fourth-order valence-electron chi connectivity index (χ4n) is 2.86. The first-order chi connectivity index (χ1) is 10.6. The highest BCUT2D eigenvalue weighted by Gasteiger charge is 2.22. The molecule has 0 aromatic carbocycles. The maximum atomic E-state index is 12.3. The Hall–Kier alpha value is -1.73. The molecule has 2 aromatic heterocycles. The summed E-state index contributed by atoms with van der Waals surface area (Å²) in [5.74, 6) is -0.0241. The van der Waals surface area contributed by atoms with Gasteiger partial charge in [-0.1, -0.05) is 0 Å². The van der Waals surface area contributed by atoms with Gasteiger partial charge in [-0.25, -0.2) is 0 Å². The number of carbonyl (C=O) groups is 1. The molecule has 0 aliphatic carbocycles. The molecule has 6 nitrogen and oxygen atoms in total. The molecular formula is C15H21N5OS. The molecule has 7 heteroatoms. The number of aromatic nitrogens is 3. The second-order valence-corrected chi connectivity index (χ2v) is 6.76. The Balaban J connectivity index is 1.49. The van der Waals surface area contributed by atoms with Crippen molar-refractivity contribution in [1.82, 2.24) is 25.0 Å². The number of hydrogen-bond donors (Lipinski definition) is 1. The van der Waals surface area contributed by atoms with E-state index < -0.39 is 0 Å². The van der Waals surface area contributed by atoms with E-state index in [0.29, 0.717) is 5.69 Å². The first-order valence-electron chi connectivity index (χ1n) is 7.53. The van der Waals surface area contributed by atoms with Crippen molar-refractivity contribution < 1.29 is 4.79 Å². The number of nitrogens with one attached hydrogen (secondary N) is 1. The van der Waals surface area contributed by atoms with Crippen LogP contribution in [0, 0.1) is 6.92 Å².